The van der Waals surface area contributed by atoms with Crippen LogP contribution in [0, 0.1) is 5.41 Å². The van der Waals surface area contributed by atoms with Crippen molar-refractivity contribution in [1.82, 2.24) is 15.1 Å². The Morgan fingerprint density at radius 2 is 2.15 bits per heavy atom. The van der Waals surface area contributed by atoms with Gasteiger partial charge in [0.1, 0.15) is 0 Å². The number of aliphatic imine (C=N–C) groups is 1. The molecule has 0 aromatic carbocycles. The highest BCUT2D eigenvalue weighted by Crippen LogP contribution is 2.32. The van der Waals surface area contributed by atoms with Gasteiger partial charge in [-0.25, -0.2) is 0 Å². The molecule has 2 aliphatic heterocycles. The van der Waals surface area contributed by atoms with E-state index in [1.165, 1.54) is 32.2 Å². The molecule has 2 aliphatic rings. The monoisotopic (exact) mass is 280 g/mol. The topological polar surface area (TPSA) is 30.9 Å². The first kappa shape index (κ1) is 15.6. The van der Waals surface area contributed by atoms with Gasteiger partial charge in [0.25, 0.3) is 0 Å². The third-order valence-electron chi connectivity index (χ3n) is 5.17. The van der Waals surface area contributed by atoms with Gasteiger partial charge in [0.15, 0.2) is 5.96 Å². The Balaban J connectivity index is 1.96. The number of guanidine groups is 1. The highest BCUT2D eigenvalue weighted by Gasteiger charge is 2.33. The molecule has 0 aliphatic carbocycles. The number of hydrogen-bond donors (Lipinski definition) is 1. The summed E-state index contributed by atoms with van der Waals surface area (Å²) in [5.74, 6) is 1.13. The molecule has 2 saturated heterocycles. The Kier molecular flexibility index (Phi) is 5.30. The molecule has 4 heteroatoms. The first-order valence-corrected chi connectivity index (χ1v) is 8.31. The van der Waals surface area contributed by atoms with E-state index in [0.717, 1.165) is 32.1 Å². The Bertz CT molecular complexity index is 341. The zero-order valence-corrected chi connectivity index (χ0v) is 13.8. The Morgan fingerprint density at radius 1 is 1.35 bits per heavy atom. The van der Waals surface area contributed by atoms with Gasteiger partial charge in [0, 0.05) is 25.7 Å². The average molecular weight is 280 g/mol. The summed E-state index contributed by atoms with van der Waals surface area (Å²) in [5, 5.41) is 3.48. The fourth-order valence-electron chi connectivity index (χ4n) is 3.32. The standard InChI is InChI=1S/C16H32N4/c1-5-16(3)9-11-20(13-16)15(17-6-2)18-12-14-8-7-10-19(14)4/h14H,5-13H2,1-4H3,(H,17,18). The maximum atomic E-state index is 4.92. The predicted molar refractivity (Wildman–Crippen MR) is 86.2 cm³/mol. The molecular weight excluding hydrogens is 248 g/mol. The molecule has 1 N–H and O–H groups in total. The highest BCUT2D eigenvalue weighted by molar-refractivity contribution is 5.80. The van der Waals surface area contributed by atoms with E-state index < -0.39 is 0 Å². The number of hydrogen-bond acceptors (Lipinski definition) is 2. The minimum atomic E-state index is 0.473. The van der Waals surface area contributed by atoms with Gasteiger partial charge in [-0.2, -0.15) is 0 Å². The van der Waals surface area contributed by atoms with Crippen molar-refractivity contribution in [2.24, 2.45) is 10.4 Å². The number of likely N-dealkylation sites (N-methyl/N-ethyl adjacent to an activating group) is 1. The van der Waals surface area contributed by atoms with Crippen LogP contribution in [-0.2, 0) is 0 Å². The Morgan fingerprint density at radius 3 is 2.70 bits per heavy atom. The lowest BCUT2D eigenvalue weighted by Crippen LogP contribution is -2.42. The zero-order chi connectivity index (χ0) is 14.6. The molecule has 20 heavy (non-hydrogen) atoms. The summed E-state index contributed by atoms with van der Waals surface area (Å²) in [4.78, 5) is 9.83. The van der Waals surface area contributed by atoms with Crippen molar-refractivity contribution in [2.75, 3.05) is 39.8 Å². The number of nitrogens with one attached hydrogen (secondary N) is 1. The Hall–Kier alpha value is -0.770. The molecule has 0 bridgehead atoms. The summed E-state index contributed by atoms with van der Waals surface area (Å²) in [6.07, 6.45) is 5.17. The van der Waals surface area contributed by atoms with Crippen molar-refractivity contribution in [3.63, 3.8) is 0 Å². The van der Waals surface area contributed by atoms with Gasteiger partial charge >= 0.3 is 0 Å². The van der Waals surface area contributed by atoms with Gasteiger partial charge in [0.05, 0.1) is 6.54 Å². The molecule has 0 amide bonds. The normalized spacial score (nSPS) is 32.1. The van der Waals surface area contributed by atoms with Gasteiger partial charge in [0.2, 0.25) is 0 Å². The summed E-state index contributed by atoms with van der Waals surface area (Å²) in [6, 6.07) is 0.642. The second-order valence-electron chi connectivity index (χ2n) is 6.81. The van der Waals surface area contributed by atoms with Crippen molar-refractivity contribution in [2.45, 2.75) is 52.5 Å². The van der Waals surface area contributed by atoms with Crippen LogP contribution in [0.15, 0.2) is 4.99 Å². The lowest BCUT2D eigenvalue weighted by atomic mass is 9.87. The number of likely N-dealkylation sites (tertiary alicyclic amines) is 2. The molecule has 2 rings (SSSR count). The van der Waals surface area contributed by atoms with E-state index in [1.54, 1.807) is 0 Å². The van der Waals surface area contributed by atoms with Gasteiger partial charge in [-0.15, -0.1) is 0 Å². The van der Waals surface area contributed by atoms with Crippen LogP contribution in [0.4, 0.5) is 0 Å². The van der Waals surface area contributed by atoms with Crippen molar-refractivity contribution < 1.29 is 0 Å². The van der Waals surface area contributed by atoms with E-state index >= 15 is 0 Å². The predicted octanol–water partition coefficient (Wildman–Crippen LogP) is 2.17. The molecule has 4 nitrogen and oxygen atoms in total. The van der Waals surface area contributed by atoms with E-state index in [2.05, 4.69) is 42.9 Å². The third kappa shape index (κ3) is 3.66. The van der Waals surface area contributed by atoms with E-state index in [4.69, 9.17) is 4.99 Å². The first-order valence-electron chi connectivity index (χ1n) is 8.31. The fraction of sp³-hybridized carbons (Fsp3) is 0.938. The van der Waals surface area contributed by atoms with Crippen LogP contribution >= 0.6 is 0 Å². The molecule has 116 valence electrons. The van der Waals surface area contributed by atoms with Gasteiger partial charge in [-0.3, -0.25) is 4.99 Å². The maximum Gasteiger partial charge on any atom is 0.193 e. The van der Waals surface area contributed by atoms with Crippen LogP contribution in [0.3, 0.4) is 0 Å². The van der Waals surface area contributed by atoms with Gasteiger partial charge in [-0.05, 0) is 51.6 Å². The molecule has 0 saturated carbocycles. The molecular formula is C16H32N4. The minimum absolute atomic E-state index is 0.473. The van der Waals surface area contributed by atoms with Crippen LogP contribution in [0.25, 0.3) is 0 Å². The lowest BCUT2D eigenvalue weighted by Gasteiger charge is -2.26. The number of nitrogens with zero attached hydrogens (tertiary/aromatic N) is 3. The summed E-state index contributed by atoms with van der Waals surface area (Å²) in [5.41, 5.74) is 0.473. The van der Waals surface area contributed by atoms with Crippen molar-refractivity contribution in [3.8, 4) is 0 Å². The first-order chi connectivity index (χ1) is 9.58. The fourth-order valence-corrected chi connectivity index (χ4v) is 3.32. The second kappa shape index (κ2) is 6.79. The Labute approximate surface area is 124 Å². The van der Waals surface area contributed by atoms with Crippen LogP contribution in [0.2, 0.25) is 0 Å². The van der Waals surface area contributed by atoms with E-state index in [-0.39, 0.29) is 0 Å². The maximum absolute atomic E-state index is 4.92. The average Bonchev–Trinajstić information content (AvgIpc) is 3.02. The van der Waals surface area contributed by atoms with Crippen LogP contribution in [0.5, 0.6) is 0 Å². The summed E-state index contributed by atoms with van der Waals surface area (Å²) in [6.45, 7) is 12.3. The summed E-state index contributed by atoms with van der Waals surface area (Å²) >= 11 is 0. The van der Waals surface area contributed by atoms with Crippen LogP contribution in [-0.4, -0.2) is 61.6 Å². The molecule has 2 atom stereocenters. The van der Waals surface area contributed by atoms with Crippen LogP contribution < -0.4 is 5.32 Å². The summed E-state index contributed by atoms with van der Waals surface area (Å²) in [7, 11) is 2.23. The molecule has 2 heterocycles. The van der Waals surface area contributed by atoms with E-state index in [1.807, 2.05) is 0 Å². The van der Waals surface area contributed by atoms with Crippen molar-refractivity contribution in [3.05, 3.63) is 0 Å². The largest absolute Gasteiger partial charge is 0.357 e. The minimum Gasteiger partial charge on any atom is -0.357 e. The molecule has 0 radical (unpaired) electrons. The van der Waals surface area contributed by atoms with Crippen LogP contribution in [0.1, 0.15) is 46.5 Å². The lowest BCUT2D eigenvalue weighted by molar-refractivity contribution is 0.311. The van der Waals surface area contributed by atoms with Crippen molar-refractivity contribution in [1.29, 1.82) is 0 Å². The molecule has 0 spiro atoms. The third-order valence-corrected chi connectivity index (χ3v) is 5.17. The van der Waals surface area contributed by atoms with Gasteiger partial charge in [-0.1, -0.05) is 13.8 Å². The van der Waals surface area contributed by atoms with E-state index in [0.29, 0.717) is 11.5 Å². The smallest absolute Gasteiger partial charge is 0.193 e. The molecule has 0 aromatic heterocycles. The zero-order valence-electron chi connectivity index (χ0n) is 13.8. The molecule has 0 aromatic rings. The molecule has 2 unspecified atom stereocenters. The van der Waals surface area contributed by atoms with Crippen molar-refractivity contribution >= 4 is 5.96 Å². The summed E-state index contributed by atoms with van der Waals surface area (Å²) < 4.78 is 0. The van der Waals surface area contributed by atoms with Gasteiger partial charge < -0.3 is 15.1 Å². The quantitative estimate of drug-likeness (QED) is 0.632. The number of rotatable bonds is 4. The second-order valence-corrected chi connectivity index (χ2v) is 6.81. The SMILES string of the molecule is CCNC(=NCC1CCCN1C)N1CCC(C)(CC)C1. The van der Waals surface area contributed by atoms with E-state index in [9.17, 15) is 0 Å². The molecule has 2 fully saturated rings. The highest BCUT2D eigenvalue weighted by atomic mass is 15.3.